The highest BCUT2D eigenvalue weighted by molar-refractivity contribution is 6.00. The number of para-hydroxylation sites is 2. The molecule has 0 fully saturated rings. The number of carbonyl (C=O) groups is 2. The summed E-state index contributed by atoms with van der Waals surface area (Å²) in [5, 5.41) is 1.02. The number of fused-ring (bicyclic) bond motifs is 2. The van der Waals surface area contributed by atoms with Crippen molar-refractivity contribution in [3.63, 3.8) is 0 Å². The average Bonchev–Trinajstić information content (AvgIpc) is 2.80. The van der Waals surface area contributed by atoms with Crippen molar-refractivity contribution in [2.24, 2.45) is 5.92 Å². The number of hydrogen-bond donors (Lipinski definition) is 0. The van der Waals surface area contributed by atoms with Crippen molar-refractivity contribution in [2.45, 2.75) is 19.8 Å². The van der Waals surface area contributed by atoms with E-state index >= 15 is 0 Å². The molecule has 6 heteroatoms. The van der Waals surface area contributed by atoms with Gasteiger partial charge in [0, 0.05) is 35.8 Å². The van der Waals surface area contributed by atoms with Crippen molar-refractivity contribution in [3.8, 4) is 0 Å². The van der Waals surface area contributed by atoms with Gasteiger partial charge in [-0.25, -0.2) is 4.98 Å². The van der Waals surface area contributed by atoms with Crippen LogP contribution in [0.4, 0.5) is 5.69 Å². The molecule has 1 aliphatic heterocycles. The van der Waals surface area contributed by atoms with Crippen LogP contribution in [0, 0.1) is 5.92 Å². The summed E-state index contributed by atoms with van der Waals surface area (Å²) < 4.78 is 10.6. The Morgan fingerprint density at radius 2 is 1.59 bits per heavy atom. The highest BCUT2D eigenvalue weighted by Gasteiger charge is 2.43. The molecule has 1 unspecified atom stereocenters. The lowest BCUT2D eigenvalue weighted by Gasteiger charge is -2.35. The van der Waals surface area contributed by atoms with Gasteiger partial charge in [-0.05, 0) is 37.6 Å². The summed E-state index contributed by atoms with van der Waals surface area (Å²) in [5.74, 6) is -2.91. The van der Waals surface area contributed by atoms with Gasteiger partial charge in [-0.1, -0.05) is 42.5 Å². The van der Waals surface area contributed by atoms with Crippen LogP contribution in [-0.2, 0) is 19.1 Å². The van der Waals surface area contributed by atoms with Crippen LogP contribution in [0.1, 0.15) is 31.0 Å². The smallest absolute Gasteiger partial charge is 0.321 e. The number of nitrogens with zero attached hydrogens (tertiary/aromatic N) is 2. The largest absolute Gasteiger partial charge is 0.465 e. The molecule has 1 atom stereocenters. The van der Waals surface area contributed by atoms with E-state index in [1.54, 1.807) is 13.8 Å². The number of rotatable bonds is 6. The van der Waals surface area contributed by atoms with E-state index < -0.39 is 23.8 Å². The number of ether oxygens (including phenoxy) is 2. The SMILES string of the molecule is CCOC(=O)C(C(=O)OCC)C1C(c2ccc3ccccc3n2)=CN(C)c2ccccc21. The summed E-state index contributed by atoms with van der Waals surface area (Å²) in [4.78, 5) is 33.0. The lowest BCUT2D eigenvalue weighted by Crippen LogP contribution is -2.36. The first-order valence-electron chi connectivity index (χ1n) is 10.8. The van der Waals surface area contributed by atoms with Crippen molar-refractivity contribution in [1.82, 2.24) is 4.98 Å². The Hall–Kier alpha value is -3.67. The molecule has 0 radical (unpaired) electrons. The Kier molecular flexibility index (Phi) is 6.21. The molecule has 32 heavy (non-hydrogen) atoms. The summed E-state index contributed by atoms with van der Waals surface area (Å²) in [6.07, 6.45) is 1.94. The molecule has 4 rings (SSSR count). The third-order valence-corrected chi connectivity index (χ3v) is 5.63. The maximum atomic E-state index is 13.1. The average molecular weight is 431 g/mol. The Labute approximate surface area is 187 Å². The van der Waals surface area contributed by atoms with Crippen LogP contribution < -0.4 is 4.90 Å². The molecular formula is C26H26N2O4. The van der Waals surface area contributed by atoms with Gasteiger partial charge in [-0.2, -0.15) is 0 Å². The number of anilines is 1. The zero-order valence-corrected chi connectivity index (χ0v) is 18.4. The maximum Gasteiger partial charge on any atom is 0.321 e. The minimum absolute atomic E-state index is 0.177. The second-order valence-electron chi connectivity index (χ2n) is 7.60. The van der Waals surface area contributed by atoms with Gasteiger partial charge in [0.05, 0.1) is 24.4 Å². The summed E-state index contributed by atoms with van der Waals surface area (Å²) >= 11 is 0. The van der Waals surface area contributed by atoms with Gasteiger partial charge >= 0.3 is 11.9 Å². The third kappa shape index (κ3) is 3.96. The van der Waals surface area contributed by atoms with Crippen LogP contribution in [0.3, 0.4) is 0 Å². The number of allylic oxidation sites excluding steroid dienone is 1. The Bertz CT molecular complexity index is 1170. The molecular weight excluding hydrogens is 404 g/mol. The lowest BCUT2D eigenvalue weighted by atomic mass is 9.76. The summed E-state index contributed by atoms with van der Waals surface area (Å²) in [5.41, 5.74) is 4.08. The molecule has 0 saturated heterocycles. The van der Waals surface area contributed by atoms with Crippen LogP contribution >= 0.6 is 0 Å². The fourth-order valence-corrected chi connectivity index (χ4v) is 4.24. The van der Waals surface area contributed by atoms with E-state index in [1.165, 1.54) is 0 Å². The maximum absolute atomic E-state index is 13.1. The van der Waals surface area contributed by atoms with Gasteiger partial charge in [0.2, 0.25) is 0 Å². The second-order valence-corrected chi connectivity index (χ2v) is 7.60. The number of pyridine rings is 1. The summed E-state index contributed by atoms with van der Waals surface area (Å²) in [7, 11) is 1.94. The van der Waals surface area contributed by atoms with Crippen LogP contribution in [0.15, 0.2) is 66.9 Å². The number of carbonyl (C=O) groups excluding carboxylic acids is 2. The second kappa shape index (κ2) is 9.22. The van der Waals surface area contributed by atoms with Crippen molar-refractivity contribution >= 4 is 34.1 Å². The Morgan fingerprint density at radius 1 is 0.938 bits per heavy atom. The zero-order valence-electron chi connectivity index (χ0n) is 18.4. The van der Waals surface area contributed by atoms with E-state index in [1.807, 2.05) is 78.8 Å². The van der Waals surface area contributed by atoms with E-state index in [-0.39, 0.29) is 13.2 Å². The zero-order chi connectivity index (χ0) is 22.7. The molecule has 6 nitrogen and oxygen atoms in total. The topological polar surface area (TPSA) is 68.7 Å². The molecule has 0 bridgehead atoms. The van der Waals surface area contributed by atoms with Crippen molar-refractivity contribution in [3.05, 3.63) is 78.1 Å². The number of hydrogen-bond acceptors (Lipinski definition) is 6. The van der Waals surface area contributed by atoms with Gasteiger partial charge in [-0.15, -0.1) is 0 Å². The van der Waals surface area contributed by atoms with Gasteiger partial charge < -0.3 is 14.4 Å². The third-order valence-electron chi connectivity index (χ3n) is 5.63. The molecule has 0 amide bonds. The highest BCUT2D eigenvalue weighted by Crippen LogP contribution is 2.46. The molecule has 3 aromatic rings. The molecule has 1 aromatic heterocycles. The van der Waals surface area contributed by atoms with Gasteiger partial charge in [0.25, 0.3) is 0 Å². The summed E-state index contributed by atoms with van der Waals surface area (Å²) in [6.45, 7) is 3.81. The monoisotopic (exact) mass is 430 g/mol. The molecule has 2 heterocycles. The molecule has 1 aliphatic rings. The number of benzene rings is 2. The molecule has 0 saturated carbocycles. The fourth-order valence-electron chi connectivity index (χ4n) is 4.24. The predicted molar refractivity (Wildman–Crippen MR) is 124 cm³/mol. The molecule has 0 spiro atoms. The number of aromatic nitrogens is 1. The quantitative estimate of drug-likeness (QED) is 0.422. The Morgan fingerprint density at radius 3 is 2.31 bits per heavy atom. The first-order chi connectivity index (χ1) is 15.5. The lowest BCUT2D eigenvalue weighted by molar-refractivity contribution is -0.162. The minimum atomic E-state index is -1.13. The number of esters is 2. The van der Waals surface area contributed by atoms with Crippen LogP contribution in [0.2, 0.25) is 0 Å². The van der Waals surface area contributed by atoms with Gasteiger partial charge in [-0.3, -0.25) is 9.59 Å². The normalized spacial score (nSPS) is 15.3. The first kappa shape index (κ1) is 21.6. The van der Waals surface area contributed by atoms with E-state index in [9.17, 15) is 9.59 Å². The molecule has 0 aliphatic carbocycles. The van der Waals surface area contributed by atoms with E-state index in [2.05, 4.69) is 0 Å². The Balaban J connectivity index is 1.91. The molecule has 2 aromatic carbocycles. The van der Waals surface area contributed by atoms with E-state index in [4.69, 9.17) is 14.5 Å². The van der Waals surface area contributed by atoms with Crippen LogP contribution in [-0.4, -0.2) is 37.2 Å². The first-order valence-corrected chi connectivity index (χ1v) is 10.8. The van der Waals surface area contributed by atoms with Crippen LogP contribution in [0.25, 0.3) is 16.5 Å². The predicted octanol–water partition coefficient (Wildman–Crippen LogP) is 4.55. The minimum Gasteiger partial charge on any atom is -0.465 e. The van der Waals surface area contributed by atoms with E-state index in [0.717, 1.165) is 27.7 Å². The van der Waals surface area contributed by atoms with Gasteiger partial charge in [0.1, 0.15) is 0 Å². The highest BCUT2D eigenvalue weighted by atomic mass is 16.6. The van der Waals surface area contributed by atoms with Crippen molar-refractivity contribution in [2.75, 3.05) is 25.2 Å². The van der Waals surface area contributed by atoms with Crippen molar-refractivity contribution < 1.29 is 19.1 Å². The fraction of sp³-hybridized carbons (Fsp3) is 0.269. The molecule has 0 N–H and O–H groups in total. The summed E-state index contributed by atoms with van der Waals surface area (Å²) in [6, 6.07) is 19.5. The standard InChI is InChI=1S/C26H26N2O4/c1-4-31-25(29)24(26(30)32-5-2)23-18-11-7-9-13-22(18)28(3)16-19(23)21-15-14-17-10-6-8-12-20(17)27-21/h6-16,23-24H,4-5H2,1-3H3. The van der Waals surface area contributed by atoms with Crippen molar-refractivity contribution in [1.29, 1.82) is 0 Å². The van der Waals surface area contributed by atoms with E-state index in [0.29, 0.717) is 5.69 Å². The van der Waals surface area contributed by atoms with Crippen LogP contribution in [0.5, 0.6) is 0 Å². The van der Waals surface area contributed by atoms with Gasteiger partial charge in [0.15, 0.2) is 5.92 Å². The molecule has 164 valence electrons.